The Bertz CT molecular complexity index is 709. The van der Waals surface area contributed by atoms with Crippen molar-refractivity contribution in [3.63, 3.8) is 0 Å². The van der Waals surface area contributed by atoms with Gasteiger partial charge in [-0.15, -0.1) is 0 Å². The van der Waals surface area contributed by atoms with Gasteiger partial charge in [-0.05, 0) is 32.0 Å². The molecule has 0 spiro atoms. The van der Waals surface area contributed by atoms with Crippen molar-refractivity contribution in [1.29, 1.82) is 0 Å². The Hall–Kier alpha value is -2.34. The van der Waals surface area contributed by atoms with E-state index in [0.717, 1.165) is 11.3 Å². The fourth-order valence-electron chi connectivity index (χ4n) is 1.98. The summed E-state index contributed by atoms with van der Waals surface area (Å²) < 4.78 is 5.35. The SMILES string of the molecule is Cc1cc(CNC(=O)c2cc(Cl)ccc2[N+](=O)[O-])c(C)o1. The van der Waals surface area contributed by atoms with Gasteiger partial charge in [0, 0.05) is 23.2 Å². The predicted molar refractivity (Wildman–Crippen MR) is 77.5 cm³/mol. The summed E-state index contributed by atoms with van der Waals surface area (Å²) in [5, 5.41) is 13.8. The molecular formula is C14H13ClN2O4. The Balaban J connectivity index is 2.19. The van der Waals surface area contributed by atoms with Crippen molar-refractivity contribution in [1.82, 2.24) is 5.32 Å². The number of nitro benzene ring substituents is 1. The Morgan fingerprint density at radius 2 is 2.10 bits per heavy atom. The van der Waals surface area contributed by atoms with Gasteiger partial charge in [-0.1, -0.05) is 11.6 Å². The number of nitrogens with zero attached hydrogens (tertiary/aromatic N) is 1. The highest BCUT2D eigenvalue weighted by atomic mass is 35.5. The van der Waals surface area contributed by atoms with Crippen LogP contribution >= 0.6 is 11.6 Å². The maximum Gasteiger partial charge on any atom is 0.282 e. The van der Waals surface area contributed by atoms with Gasteiger partial charge in [0.1, 0.15) is 17.1 Å². The van der Waals surface area contributed by atoms with Gasteiger partial charge < -0.3 is 9.73 Å². The van der Waals surface area contributed by atoms with Crippen LogP contribution in [0.25, 0.3) is 0 Å². The van der Waals surface area contributed by atoms with Crippen molar-refractivity contribution in [2.75, 3.05) is 0 Å². The van der Waals surface area contributed by atoms with Crippen LogP contribution in [0.2, 0.25) is 5.02 Å². The van der Waals surface area contributed by atoms with Crippen LogP contribution in [0, 0.1) is 24.0 Å². The van der Waals surface area contributed by atoms with Crippen LogP contribution < -0.4 is 5.32 Å². The average Bonchev–Trinajstić information content (AvgIpc) is 2.73. The van der Waals surface area contributed by atoms with Crippen LogP contribution in [-0.2, 0) is 6.54 Å². The van der Waals surface area contributed by atoms with Crippen LogP contribution in [0.3, 0.4) is 0 Å². The predicted octanol–water partition coefficient (Wildman–Crippen LogP) is 3.39. The molecule has 6 nitrogen and oxygen atoms in total. The number of carbonyl (C=O) groups is 1. The highest BCUT2D eigenvalue weighted by Gasteiger charge is 2.20. The number of rotatable bonds is 4. The minimum atomic E-state index is -0.613. The van der Waals surface area contributed by atoms with E-state index in [2.05, 4.69) is 5.32 Å². The number of carbonyl (C=O) groups excluding carboxylic acids is 1. The van der Waals surface area contributed by atoms with E-state index < -0.39 is 10.8 Å². The third kappa shape index (κ3) is 3.41. The maximum atomic E-state index is 12.1. The summed E-state index contributed by atoms with van der Waals surface area (Å²) in [5.74, 6) is 0.890. The number of halogens is 1. The number of hydrogen-bond acceptors (Lipinski definition) is 4. The fourth-order valence-corrected chi connectivity index (χ4v) is 2.15. The molecule has 1 aromatic carbocycles. The van der Waals surface area contributed by atoms with Crippen molar-refractivity contribution in [3.05, 3.63) is 62.0 Å². The Morgan fingerprint density at radius 1 is 1.38 bits per heavy atom. The zero-order chi connectivity index (χ0) is 15.6. The second-order valence-corrected chi connectivity index (χ2v) is 4.98. The smallest absolute Gasteiger partial charge is 0.282 e. The maximum absolute atomic E-state index is 12.1. The van der Waals surface area contributed by atoms with Gasteiger partial charge >= 0.3 is 0 Å². The molecule has 1 aromatic heterocycles. The zero-order valence-electron chi connectivity index (χ0n) is 11.5. The fraction of sp³-hybridized carbons (Fsp3) is 0.214. The molecule has 0 aliphatic heterocycles. The van der Waals surface area contributed by atoms with Crippen molar-refractivity contribution in [2.24, 2.45) is 0 Å². The molecule has 0 saturated heterocycles. The second-order valence-electron chi connectivity index (χ2n) is 4.54. The van der Waals surface area contributed by atoms with Crippen LogP contribution in [0.4, 0.5) is 5.69 Å². The number of amides is 1. The third-order valence-corrected chi connectivity index (χ3v) is 3.22. The Kier molecular flexibility index (Phi) is 4.28. The van der Waals surface area contributed by atoms with Crippen molar-refractivity contribution < 1.29 is 14.1 Å². The molecule has 21 heavy (non-hydrogen) atoms. The second kappa shape index (κ2) is 5.97. The molecule has 0 fully saturated rings. The molecule has 1 heterocycles. The topological polar surface area (TPSA) is 85.4 Å². The molecule has 0 aliphatic carbocycles. The van der Waals surface area contributed by atoms with Gasteiger partial charge in [-0.25, -0.2) is 0 Å². The lowest BCUT2D eigenvalue weighted by atomic mass is 10.1. The van der Waals surface area contributed by atoms with E-state index in [0.29, 0.717) is 5.76 Å². The molecule has 2 aromatic rings. The number of benzene rings is 1. The quantitative estimate of drug-likeness (QED) is 0.693. The van der Waals surface area contributed by atoms with Gasteiger partial charge in [-0.2, -0.15) is 0 Å². The first-order chi connectivity index (χ1) is 9.88. The van der Waals surface area contributed by atoms with Gasteiger partial charge in [0.25, 0.3) is 11.6 Å². The molecule has 0 unspecified atom stereocenters. The summed E-state index contributed by atoms with van der Waals surface area (Å²) in [5.41, 5.74) is 0.480. The largest absolute Gasteiger partial charge is 0.466 e. The lowest BCUT2D eigenvalue weighted by Crippen LogP contribution is -2.23. The monoisotopic (exact) mass is 308 g/mol. The van der Waals surface area contributed by atoms with Gasteiger partial charge in [0.2, 0.25) is 0 Å². The van der Waals surface area contributed by atoms with E-state index in [1.807, 2.05) is 6.07 Å². The molecule has 0 bridgehead atoms. The van der Waals surface area contributed by atoms with Crippen LogP contribution in [0.1, 0.15) is 27.4 Å². The first-order valence-electron chi connectivity index (χ1n) is 6.16. The number of hydrogen-bond donors (Lipinski definition) is 1. The van der Waals surface area contributed by atoms with Crippen LogP contribution in [0.15, 0.2) is 28.7 Å². The highest BCUT2D eigenvalue weighted by Crippen LogP contribution is 2.23. The molecule has 1 amide bonds. The summed E-state index contributed by atoms with van der Waals surface area (Å²) in [7, 11) is 0. The van der Waals surface area contributed by atoms with E-state index in [-0.39, 0.29) is 22.8 Å². The lowest BCUT2D eigenvalue weighted by Gasteiger charge is -2.05. The third-order valence-electron chi connectivity index (χ3n) is 2.98. The normalized spacial score (nSPS) is 10.4. The molecular weight excluding hydrogens is 296 g/mol. The zero-order valence-corrected chi connectivity index (χ0v) is 12.2. The number of aryl methyl sites for hydroxylation is 2. The van der Waals surface area contributed by atoms with E-state index in [9.17, 15) is 14.9 Å². The molecule has 2 rings (SSSR count). The van der Waals surface area contributed by atoms with Crippen LogP contribution in [-0.4, -0.2) is 10.8 Å². The first-order valence-corrected chi connectivity index (χ1v) is 6.54. The summed E-state index contributed by atoms with van der Waals surface area (Å²) >= 11 is 5.79. The van der Waals surface area contributed by atoms with E-state index in [1.165, 1.54) is 18.2 Å². The lowest BCUT2D eigenvalue weighted by molar-refractivity contribution is -0.385. The van der Waals surface area contributed by atoms with Crippen molar-refractivity contribution in [2.45, 2.75) is 20.4 Å². The highest BCUT2D eigenvalue weighted by molar-refractivity contribution is 6.31. The van der Waals surface area contributed by atoms with Gasteiger partial charge in [0.15, 0.2) is 0 Å². The number of nitrogens with one attached hydrogen (secondary N) is 1. The summed E-state index contributed by atoms with van der Waals surface area (Å²) in [6.07, 6.45) is 0. The minimum Gasteiger partial charge on any atom is -0.466 e. The molecule has 0 radical (unpaired) electrons. The van der Waals surface area contributed by atoms with E-state index in [4.69, 9.17) is 16.0 Å². The number of nitro groups is 1. The molecule has 1 N–H and O–H groups in total. The average molecular weight is 309 g/mol. The minimum absolute atomic E-state index is 0.0645. The van der Waals surface area contributed by atoms with E-state index in [1.54, 1.807) is 13.8 Å². The molecule has 110 valence electrons. The van der Waals surface area contributed by atoms with Crippen molar-refractivity contribution >= 4 is 23.2 Å². The Morgan fingerprint density at radius 3 is 2.67 bits per heavy atom. The molecule has 0 atom stereocenters. The number of furan rings is 1. The first kappa shape index (κ1) is 15.1. The summed E-state index contributed by atoms with van der Waals surface area (Å²) in [4.78, 5) is 22.4. The van der Waals surface area contributed by atoms with E-state index >= 15 is 0 Å². The van der Waals surface area contributed by atoms with Crippen LogP contribution in [0.5, 0.6) is 0 Å². The molecule has 0 aliphatic rings. The van der Waals surface area contributed by atoms with Crippen molar-refractivity contribution in [3.8, 4) is 0 Å². The summed E-state index contributed by atoms with van der Waals surface area (Å²) in [6, 6.07) is 5.68. The van der Waals surface area contributed by atoms with Gasteiger partial charge in [-0.3, -0.25) is 14.9 Å². The standard InChI is InChI=1S/C14H13ClN2O4/c1-8-5-10(9(2)21-8)7-16-14(18)12-6-11(15)3-4-13(12)17(19)20/h3-6H,7H2,1-2H3,(H,16,18). The molecule has 7 heteroatoms. The molecule has 0 saturated carbocycles. The van der Waals surface area contributed by atoms with Gasteiger partial charge in [0.05, 0.1) is 4.92 Å². The Labute approximate surface area is 125 Å². The summed E-state index contributed by atoms with van der Waals surface area (Å²) in [6.45, 7) is 3.82.